The normalized spacial score (nSPS) is 17.2. The molecule has 1 saturated carbocycles. The van der Waals surface area contributed by atoms with Gasteiger partial charge in [-0.2, -0.15) is 0 Å². The largest absolute Gasteiger partial charge is 0.481 e. The molecule has 0 aromatic heterocycles. The number of rotatable bonds is 5. The molecular formula is C15H20O2S. The first-order chi connectivity index (χ1) is 8.61. The van der Waals surface area contributed by atoms with E-state index in [1.54, 1.807) is 11.8 Å². The average molecular weight is 264 g/mol. The lowest BCUT2D eigenvalue weighted by Crippen LogP contribution is -2.20. The standard InChI is InChI=1S/C15H20O2S/c1-10-8-12(6-7-14(10)18-2)13(15(16)17)9-11-4-3-5-11/h6-8,11,13H,3-5,9H2,1-2H3,(H,16,17)/t13-/m1/s1. The Labute approximate surface area is 113 Å². The Hall–Kier alpha value is -0.960. The lowest BCUT2D eigenvalue weighted by molar-refractivity contribution is -0.139. The summed E-state index contributed by atoms with van der Waals surface area (Å²) < 4.78 is 0. The van der Waals surface area contributed by atoms with E-state index in [0.29, 0.717) is 5.92 Å². The van der Waals surface area contributed by atoms with Gasteiger partial charge in [-0.05, 0) is 42.7 Å². The number of hydrogen-bond donors (Lipinski definition) is 1. The second kappa shape index (κ2) is 5.79. The van der Waals surface area contributed by atoms with Crippen molar-refractivity contribution in [1.82, 2.24) is 0 Å². The van der Waals surface area contributed by atoms with Gasteiger partial charge in [0.1, 0.15) is 0 Å². The molecule has 98 valence electrons. The lowest BCUT2D eigenvalue weighted by Gasteiger charge is -2.28. The summed E-state index contributed by atoms with van der Waals surface area (Å²) in [7, 11) is 0. The van der Waals surface area contributed by atoms with Gasteiger partial charge in [-0.1, -0.05) is 31.4 Å². The van der Waals surface area contributed by atoms with Crippen LogP contribution in [0.1, 0.15) is 42.7 Å². The molecule has 0 heterocycles. The van der Waals surface area contributed by atoms with E-state index in [1.807, 2.05) is 24.5 Å². The Morgan fingerprint density at radius 3 is 2.67 bits per heavy atom. The topological polar surface area (TPSA) is 37.3 Å². The Balaban J connectivity index is 2.18. The van der Waals surface area contributed by atoms with Crippen LogP contribution in [-0.2, 0) is 4.79 Å². The lowest BCUT2D eigenvalue weighted by atomic mass is 9.77. The Kier molecular flexibility index (Phi) is 4.33. The van der Waals surface area contributed by atoms with Gasteiger partial charge in [0.05, 0.1) is 5.92 Å². The second-order valence-corrected chi connectivity index (χ2v) is 6.00. The van der Waals surface area contributed by atoms with Crippen molar-refractivity contribution >= 4 is 17.7 Å². The van der Waals surface area contributed by atoms with Crippen LogP contribution in [0.15, 0.2) is 23.1 Å². The highest BCUT2D eigenvalue weighted by atomic mass is 32.2. The number of carboxylic acids is 1. The third kappa shape index (κ3) is 2.89. The van der Waals surface area contributed by atoms with E-state index >= 15 is 0 Å². The molecule has 1 fully saturated rings. The zero-order valence-corrected chi connectivity index (χ0v) is 11.8. The van der Waals surface area contributed by atoms with Crippen LogP contribution in [0, 0.1) is 12.8 Å². The van der Waals surface area contributed by atoms with Gasteiger partial charge in [0, 0.05) is 4.90 Å². The van der Waals surface area contributed by atoms with E-state index in [1.165, 1.54) is 29.7 Å². The van der Waals surface area contributed by atoms with Crippen LogP contribution in [-0.4, -0.2) is 17.3 Å². The second-order valence-electron chi connectivity index (χ2n) is 5.15. The van der Waals surface area contributed by atoms with Crippen LogP contribution in [0.3, 0.4) is 0 Å². The summed E-state index contributed by atoms with van der Waals surface area (Å²) in [6.07, 6.45) is 6.51. The first kappa shape index (κ1) is 13.5. The molecule has 18 heavy (non-hydrogen) atoms. The molecule has 0 bridgehead atoms. The van der Waals surface area contributed by atoms with E-state index in [4.69, 9.17) is 0 Å². The van der Waals surface area contributed by atoms with Gasteiger partial charge < -0.3 is 5.11 Å². The van der Waals surface area contributed by atoms with Crippen molar-refractivity contribution in [3.05, 3.63) is 29.3 Å². The van der Waals surface area contributed by atoms with E-state index < -0.39 is 5.97 Å². The molecule has 1 atom stereocenters. The van der Waals surface area contributed by atoms with Crippen molar-refractivity contribution in [2.75, 3.05) is 6.26 Å². The van der Waals surface area contributed by atoms with Crippen LogP contribution < -0.4 is 0 Å². The fourth-order valence-corrected chi connectivity index (χ4v) is 3.14. The highest BCUT2D eigenvalue weighted by molar-refractivity contribution is 7.98. The van der Waals surface area contributed by atoms with Gasteiger partial charge in [0.2, 0.25) is 0 Å². The molecular weight excluding hydrogens is 244 g/mol. The molecule has 1 aromatic carbocycles. The Bertz CT molecular complexity index is 438. The van der Waals surface area contributed by atoms with E-state index in [9.17, 15) is 9.90 Å². The van der Waals surface area contributed by atoms with Gasteiger partial charge in [0.25, 0.3) is 0 Å². The molecule has 3 heteroatoms. The molecule has 0 spiro atoms. The molecule has 0 radical (unpaired) electrons. The highest BCUT2D eigenvalue weighted by Gasteiger charge is 2.27. The average Bonchev–Trinajstić information content (AvgIpc) is 2.27. The van der Waals surface area contributed by atoms with Crippen molar-refractivity contribution < 1.29 is 9.90 Å². The number of carboxylic acid groups (broad SMARTS) is 1. The number of benzene rings is 1. The summed E-state index contributed by atoms with van der Waals surface area (Å²) in [5.41, 5.74) is 2.14. The minimum atomic E-state index is -0.682. The van der Waals surface area contributed by atoms with Gasteiger partial charge in [-0.3, -0.25) is 4.79 Å². The molecule has 1 aliphatic carbocycles. The maximum absolute atomic E-state index is 11.4. The highest BCUT2D eigenvalue weighted by Crippen LogP contribution is 2.36. The molecule has 2 nitrogen and oxygen atoms in total. The summed E-state index contributed by atoms with van der Waals surface area (Å²) in [4.78, 5) is 12.7. The summed E-state index contributed by atoms with van der Waals surface area (Å²) in [5.74, 6) is -0.394. The molecule has 0 amide bonds. The monoisotopic (exact) mass is 264 g/mol. The summed E-state index contributed by atoms with van der Waals surface area (Å²) in [6, 6.07) is 6.08. The zero-order valence-electron chi connectivity index (χ0n) is 11.0. The number of carbonyl (C=O) groups is 1. The zero-order chi connectivity index (χ0) is 13.1. The molecule has 1 aliphatic rings. The summed E-state index contributed by atoms with van der Waals surface area (Å²) in [6.45, 7) is 2.05. The third-order valence-electron chi connectivity index (χ3n) is 3.91. The number of aliphatic carboxylic acids is 1. The molecule has 1 N–H and O–H groups in total. The maximum Gasteiger partial charge on any atom is 0.310 e. The van der Waals surface area contributed by atoms with Crippen LogP contribution in [0.4, 0.5) is 0 Å². The molecule has 1 aromatic rings. The van der Waals surface area contributed by atoms with Crippen molar-refractivity contribution in [1.29, 1.82) is 0 Å². The first-order valence-electron chi connectivity index (χ1n) is 6.49. The maximum atomic E-state index is 11.4. The van der Waals surface area contributed by atoms with Crippen molar-refractivity contribution in [2.45, 2.75) is 43.4 Å². The third-order valence-corrected chi connectivity index (χ3v) is 4.81. The quantitative estimate of drug-likeness (QED) is 0.814. The van der Waals surface area contributed by atoms with Crippen molar-refractivity contribution in [3.8, 4) is 0 Å². The van der Waals surface area contributed by atoms with Crippen LogP contribution >= 0.6 is 11.8 Å². The van der Waals surface area contributed by atoms with E-state index in [-0.39, 0.29) is 5.92 Å². The Morgan fingerprint density at radius 2 is 2.22 bits per heavy atom. The van der Waals surface area contributed by atoms with Crippen LogP contribution in [0.2, 0.25) is 0 Å². The van der Waals surface area contributed by atoms with Gasteiger partial charge in [-0.15, -0.1) is 11.8 Å². The molecule has 0 aliphatic heterocycles. The van der Waals surface area contributed by atoms with E-state index in [2.05, 4.69) is 6.92 Å². The minimum Gasteiger partial charge on any atom is -0.481 e. The van der Waals surface area contributed by atoms with Gasteiger partial charge in [0.15, 0.2) is 0 Å². The fourth-order valence-electron chi connectivity index (χ4n) is 2.56. The molecule has 2 rings (SSSR count). The fraction of sp³-hybridized carbons (Fsp3) is 0.533. The van der Waals surface area contributed by atoms with Crippen molar-refractivity contribution in [2.24, 2.45) is 5.92 Å². The van der Waals surface area contributed by atoms with Crippen LogP contribution in [0.5, 0.6) is 0 Å². The number of thioether (sulfide) groups is 1. The van der Waals surface area contributed by atoms with E-state index in [0.717, 1.165) is 12.0 Å². The molecule has 0 saturated heterocycles. The number of aryl methyl sites for hydroxylation is 1. The first-order valence-corrected chi connectivity index (χ1v) is 7.71. The predicted molar refractivity (Wildman–Crippen MR) is 75.3 cm³/mol. The predicted octanol–water partition coefficient (Wildman–Crippen LogP) is 4.08. The molecule has 0 unspecified atom stereocenters. The summed E-state index contributed by atoms with van der Waals surface area (Å²) >= 11 is 1.71. The van der Waals surface area contributed by atoms with Crippen LogP contribution in [0.25, 0.3) is 0 Å². The van der Waals surface area contributed by atoms with Gasteiger partial charge >= 0.3 is 5.97 Å². The van der Waals surface area contributed by atoms with Gasteiger partial charge in [-0.25, -0.2) is 0 Å². The SMILES string of the molecule is CSc1ccc([C@@H](CC2CCC2)C(=O)O)cc1C. The Morgan fingerprint density at radius 1 is 1.50 bits per heavy atom. The summed E-state index contributed by atoms with van der Waals surface area (Å²) in [5, 5.41) is 9.41. The number of hydrogen-bond acceptors (Lipinski definition) is 2. The smallest absolute Gasteiger partial charge is 0.310 e. The van der Waals surface area contributed by atoms with Crippen molar-refractivity contribution in [3.63, 3.8) is 0 Å². The minimum absolute atomic E-state index is 0.329.